The monoisotopic (exact) mass is 318 g/mol. The molecule has 0 spiro atoms. The van der Waals surface area contributed by atoms with Crippen LogP contribution in [0.1, 0.15) is 32.8 Å². The normalized spacial score (nSPS) is 13.5. The summed E-state index contributed by atoms with van der Waals surface area (Å²) in [5.41, 5.74) is 6.52. The lowest BCUT2D eigenvalue weighted by molar-refractivity contribution is -0.123. The molecular formula is C15H24Cl2N2O. The van der Waals surface area contributed by atoms with Crippen LogP contribution in [0.25, 0.3) is 0 Å². The zero-order chi connectivity index (χ0) is 14.5. The number of amides is 1. The van der Waals surface area contributed by atoms with Crippen LogP contribution < -0.4 is 11.1 Å². The van der Waals surface area contributed by atoms with Crippen LogP contribution in [0.15, 0.2) is 24.3 Å². The Morgan fingerprint density at radius 2 is 1.90 bits per heavy atom. The van der Waals surface area contributed by atoms with Gasteiger partial charge in [-0.25, -0.2) is 0 Å². The summed E-state index contributed by atoms with van der Waals surface area (Å²) in [6.45, 7) is 6.55. The van der Waals surface area contributed by atoms with Crippen LogP contribution in [0, 0.1) is 5.92 Å². The molecule has 0 radical (unpaired) electrons. The molecule has 20 heavy (non-hydrogen) atoms. The van der Waals surface area contributed by atoms with Crippen molar-refractivity contribution >= 4 is 29.9 Å². The maximum atomic E-state index is 12.0. The van der Waals surface area contributed by atoms with E-state index < -0.39 is 0 Å². The topological polar surface area (TPSA) is 55.1 Å². The first-order valence-corrected chi connectivity index (χ1v) is 7.00. The first-order valence-electron chi connectivity index (χ1n) is 6.63. The summed E-state index contributed by atoms with van der Waals surface area (Å²) in [6.07, 6.45) is 1.17. The molecule has 3 N–H and O–H groups in total. The number of nitrogens with two attached hydrogens (primary N) is 1. The zero-order valence-electron chi connectivity index (χ0n) is 12.3. The molecule has 1 rings (SSSR count). The van der Waals surface area contributed by atoms with E-state index in [1.165, 1.54) is 0 Å². The molecule has 5 heteroatoms. The fourth-order valence-corrected chi connectivity index (χ4v) is 1.85. The quantitative estimate of drug-likeness (QED) is 0.846. The molecule has 0 saturated heterocycles. The number of carbonyl (C=O) groups is 1. The standard InChI is InChI=1S/C15H23ClN2O.ClH/c1-11(2)15(3,10-17)18-14(19)9-6-12-4-7-13(16)8-5-12;/h4-5,7-8,11H,6,9-10,17H2,1-3H3,(H,18,19);1H. The number of halogens is 2. The highest BCUT2D eigenvalue weighted by Crippen LogP contribution is 2.15. The number of benzene rings is 1. The van der Waals surface area contributed by atoms with Crippen molar-refractivity contribution in [1.82, 2.24) is 5.32 Å². The van der Waals surface area contributed by atoms with Crippen molar-refractivity contribution in [3.8, 4) is 0 Å². The number of nitrogens with one attached hydrogen (secondary N) is 1. The van der Waals surface area contributed by atoms with Gasteiger partial charge in [-0.15, -0.1) is 12.4 Å². The highest BCUT2D eigenvalue weighted by molar-refractivity contribution is 6.30. The van der Waals surface area contributed by atoms with Gasteiger partial charge < -0.3 is 11.1 Å². The Hall–Kier alpha value is -0.770. The Labute approximate surface area is 132 Å². The predicted octanol–water partition coefficient (Wildman–Crippen LogP) is 3.18. The molecule has 1 aromatic carbocycles. The molecule has 3 nitrogen and oxygen atoms in total. The second-order valence-electron chi connectivity index (χ2n) is 5.45. The van der Waals surface area contributed by atoms with Gasteiger partial charge in [0.1, 0.15) is 0 Å². The van der Waals surface area contributed by atoms with Crippen molar-refractivity contribution in [3.05, 3.63) is 34.9 Å². The highest BCUT2D eigenvalue weighted by atomic mass is 35.5. The first-order chi connectivity index (χ1) is 8.87. The van der Waals surface area contributed by atoms with Gasteiger partial charge in [-0.05, 0) is 37.0 Å². The van der Waals surface area contributed by atoms with E-state index in [2.05, 4.69) is 19.2 Å². The Kier molecular flexibility index (Phi) is 8.17. The molecule has 1 aromatic rings. The van der Waals surface area contributed by atoms with Crippen LogP contribution in [0.2, 0.25) is 5.02 Å². The molecule has 0 aromatic heterocycles. The summed E-state index contributed by atoms with van der Waals surface area (Å²) in [5, 5.41) is 3.75. The van der Waals surface area contributed by atoms with Gasteiger partial charge in [0.2, 0.25) is 5.91 Å². The van der Waals surface area contributed by atoms with E-state index >= 15 is 0 Å². The van der Waals surface area contributed by atoms with Crippen LogP contribution in [0.5, 0.6) is 0 Å². The van der Waals surface area contributed by atoms with Gasteiger partial charge in [-0.2, -0.15) is 0 Å². The fraction of sp³-hybridized carbons (Fsp3) is 0.533. The van der Waals surface area contributed by atoms with Crippen molar-refractivity contribution < 1.29 is 4.79 Å². The first kappa shape index (κ1) is 19.2. The molecule has 0 fully saturated rings. The summed E-state index contributed by atoms with van der Waals surface area (Å²) < 4.78 is 0. The van der Waals surface area contributed by atoms with Gasteiger partial charge in [0.15, 0.2) is 0 Å². The van der Waals surface area contributed by atoms with Crippen LogP contribution in [0.3, 0.4) is 0 Å². The van der Waals surface area contributed by atoms with Gasteiger partial charge in [-0.1, -0.05) is 37.6 Å². The lowest BCUT2D eigenvalue weighted by Gasteiger charge is -2.33. The van der Waals surface area contributed by atoms with Gasteiger partial charge in [-0.3, -0.25) is 4.79 Å². The number of carbonyl (C=O) groups excluding carboxylic acids is 1. The molecule has 1 amide bonds. The van der Waals surface area contributed by atoms with E-state index in [-0.39, 0.29) is 23.9 Å². The van der Waals surface area contributed by atoms with Crippen molar-refractivity contribution in [2.75, 3.05) is 6.54 Å². The van der Waals surface area contributed by atoms with Crippen molar-refractivity contribution in [3.63, 3.8) is 0 Å². The lowest BCUT2D eigenvalue weighted by atomic mass is 9.88. The van der Waals surface area contributed by atoms with Crippen molar-refractivity contribution in [1.29, 1.82) is 0 Å². The zero-order valence-corrected chi connectivity index (χ0v) is 13.9. The summed E-state index contributed by atoms with van der Waals surface area (Å²) in [4.78, 5) is 12.0. The number of rotatable bonds is 6. The Bertz CT molecular complexity index is 420. The minimum absolute atomic E-state index is 0. The molecule has 1 atom stereocenters. The highest BCUT2D eigenvalue weighted by Gasteiger charge is 2.28. The average molecular weight is 319 g/mol. The van der Waals surface area contributed by atoms with E-state index in [4.69, 9.17) is 17.3 Å². The third-order valence-corrected chi connectivity index (χ3v) is 3.93. The molecule has 0 saturated carbocycles. The second kappa shape index (κ2) is 8.50. The maximum absolute atomic E-state index is 12.0. The van der Waals surface area contributed by atoms with E-state index in [0.717, 1.165) is 5.56 Å². The Balaban J connectivity index is 0.00000361. The Morgan fingerprint density at radius 3 is 2.35 bits per heavy atom. The largest absolute Gasteiger partial charge is 0.349 e. The van der Waals surface area contributed by atoms with Crippen LogP contribution in [-0.4, -0.2) is 18.0 Å². The van der Waals surface area contributed by atoms with E-state index in [1.54, 1.807) is 0 Å². The van der Waals surface area contributed by atoms with Crippen molar-refractivity contribution in [2.45, 2.75) is 39.2 Å². The van der Waals surface area contributed by atoms with Crippen LogP contribution in [-0.2, 0) is 11.2 Å². The summed E-state index contributed by atoms with van der Waals surface area (Å²) >= 11 is 5.82. The van der Waals surface area contributed by atoms with Gasteiger partial charge in [0, 0.05) is 18.0 Å². The molecular weight excluding hydrogens is 295 g/mol. The van der Waals surface area contributed by atoms with E-state index in [9.17, 15) is 4.79 Å². The Morgan fingerprint density at radius 1 is 1.35 bits per heavy atom. The SMILES string of the molecule is CC(C)C(C)(CN)NC(=O)CCc1ccc(Cl)cc1.Cl. The lowest BCUT2D eigenvalue weighted by Crippen LogP contribution is -2.55. The number of hydrogen-bond donors (Lipinski definition) is 2. The van der Waals surface area contributed by atoms with E-state index in [0.29, 0.717) is 30.3 Å². The van der Waals surface area contributed by atoms with Gasteiger partial charge >= 0.3 is 0 Å². The minimum Gasteiger partial charge on any atom is -0.349 e. The van der Waals surface area contributed by atoms with Gasteiger partial charge in [0.25, 0.3) is 0 Å². The molecule has 0 aliphatic carbocycles. The number of hydrogen-bond acceptors (Lipinski definition) is 2. The predicted molar refractivity (Wildman–Crippen MR) is 87.5 cm³/mol. The molecule has 0 aliphatic heterocycles. The molecule has 1 unspecified atom stereocenters. The smallest absolute Gasteiger partial charge is 0.220 e. The average Bonchev–Trinajstić information content (AvgIpc) is 2.37. The van der Waals surface area contributed by atoms with E-state index in [1.807, 2.05) is 31.2 Å². The third kappa shape index (κ3) is 5.70. The second-order valence-corrected chi connectivity index (χ2v) is 5.89. The van der Waals surface area contributed by atoms with Crippen LogP contribution in [0.4, 0.5) is 0 Å². The van der Waals surface area contributed by atoms with Gasteiger partial charge in [0.05, 0.1) is 5.54 Å². The summed E-state index contributed by atoms with van der Waals surface area (Å²) in [7, 11) is 0. The molecule has 114 valence electrons. The number of aryl methyl sites for hydroxylation is 1. The molecule has 0 aliphatic rings. The molecule has 0 bridgehead atoms. The maximum Gasteiger partial charge on any atom is 0.220 e. The third-order valence-electron chi connectivity index (χ3n) is 3.68. The van der Waals surface area contributed by atoms with Crippen molar-refractivity contribution in [2.24, 2.45) is 11.7 Å². The van der Waals surface area contributed by atoms with Crippen LogP contribution >= 0.6 is 24.0 Å². The fourth-order valence-electron chi connectivity index (χ4n) is 1.72. The molecule has 0 heterocycles. The summed E-state index contributed by atoms with van der Waals surface area (Å²) in [5.74, 6) is 0.341. The summed E-state index contributed by atoms with van der Waals surface area (Å²) in [6, 6.07) is 7.57. The minimum atomic E-state index is -0.336.